The molecule has 0 unspecified atom stereocenters. The van der Waals surface area contributed by atoms with E-state index in [0.29, 0.717) is 24.0 Å². The Balaban J connectivity index is 1.24. The second-order valence-electron chi connectivity index (χ2n) is 7.15. The first-order chi connectivity index (χ1) is 14.7. The second-order valence-corrected chi connectivity index (χ2v) is 8.20. The van der Waals surface area contributed by atoms with Crippen molar-refractivity contribution < 1.29 is 23.7 Å². The zero-order chi connectivity index (χ0) is 20.9. The van der Waals surface area contributed by atoms with Gasteiger partial charge in [-0.2, -0.15) is 0 Å². The van der Waals surface area contributed by atoms with E-state index in [1.807, 2.05) is 35.2 Å². The smallest absolute Gasteiger partial charge is 0.233 e. The molecular weight excluding hydrogens is 404 g/mol. The van der Waals surface area contributed by atoms with Crippen LogP contribution >= 0.6 is 11.8 Å². The molecule has 0 atom stereocenters. The van der Waals surface area contributed by atoms with Gasteiger partial charge in [-0.1, -0.05) is 6.07 Å². The SMILES string of the molecule is COc1ccc(SCC(=O)N2CCN(Cc3ccc4c(c3)OCO4)CC2)cc1OC. The maximum Gasteiger partial charge on any atom is 0.233 e. The number of ether oxygens (including phenoxy) is 4. The summed E-state index contributed by atoms with van der Waals surface area (Å²) in [5.74, 6) is 3.56. The first-order valence-corrected chi connectivity index (χ1v) is 10.9. The Morgan fingerprint density at radius 1 is 0.967 bits per heavy atom. The first-order valence-electron chi connectivity index (χ1n) is 9.90. The van der Waals surface area contributed by atoms with Gasteiger partial charge < -0.3 is 23.8 Å². The summed E-state index contributed by atoms with van der Waals surface area (Å²) in [4.78, 5) is 17.9. The van der Waals surface area contributed by atoms with Crippen molar-refractivity contribution in [2.24, 2.45) is 0 Å². The van der Waals surface area contributed by atoms with Crippen molar-refractivity contribution in [3.63, 3.8) is 0 Å². The molecule has 0 spiro atoms. The second kappa shape index (κ2) is 9.49. The Hall–Kier alpha value is -2.58. The van der Waals surface area contributed by atoms with Gasteiger partial charge in [-0.25, -0.2) is 0 Å². The summed E-state index contributed by atoms with van der Waals surface area (Å²) in [6, 6.07) is 11.8. The predicted octanol–water partition coefficient (Wildman–Crippen LogP) is 2.87. The average molecular weight is 431 g/mol. The Labute approximate surface area is 180 Å². The number of nitrogens with zero attached hydrogens (tertiary/aromatic N) is 2. The van der Waals surface area contributed by atoms with Crippen LogP contribution in [0.15, 0.2) is 41.3 Å². The molecule has 1 saturated heterocycles. The Kier molecular flexibility index (Phi) is 6.54. The highest BCUT2D eigenvalue weighted by atomic mass is 32.2. The Morgan fingerprint density at radius 2 is 1.73 bits per heavy atom. The zero-order valence-electron chi connectivity index (χ0n) is 17.3. The number of fused-ring (bicyclic) bond motifs is 1. The highest BCUT2D eigenvalue weighted by molar-refractivity contribution is 8.00. The van der Waals surface area contributed by atoms with Crippen molar-refractivity contribution >= 4 is 17.7 Å². The van der Waals surface area contributed by atoms with Gasteiger partial charge in [0.15, 0.2) is 23.0 Å². The minimum Gasteiger partial charge on any atom is -0.493 e. The molecule has 0 radical (unpaired) electrons. The quantitative estimate of drug-likeness (QED) is 0.626. The van der Waals surface area contributed by atoms with Crippen LogP contribution in [0.3, 0.4) is 0 Å². The molecule has 0 bridgehead atoms. The molecule has 2 aliphatic heterocycles. The Morgan fingerprint density at radius 3 is 2.50 bits per heavy atom. The number of amides is 1. The highest BCUT2D eigenvalue weighted by Crippen LogP contribution is 2.33. The van der Waals surface area contributed by atoms with Crippen LogP contribution in [0.2, 0.25) is 0 Å². The van der Waals surface area contributed by atoms with E-state index in [4.69, 9.17) is 18.9 Å². The van der Waals surface area contributed by atoms with E-state index in [2.05, 4.69) is 11.0 Å². The molecule has 0 aliphatic carbocycles. The number of carbonyl (C=O) groups is 1. The third-order valence-corrected chi connectivity index (χ3v) is 6.26. The highest BCUT2D eigenvalue weighted by Gasteiger charge is 2.22. The topological polar surface area (TPSA) is 60.5 Å². The van der Waals surface area contributed by atoms with E-state index in [9.17, 15) is 4.79 Å². The van der Waals surface area contributed by atoms with Crippen molar-refractivity contribution in [3.05, 3.63) is 42.0 Å². The fraction of sp³-hybridized carbons (Fsp3) is 0.409. The van der Waals surface area contributed by atoms with E-state index in [-0.39, 0.29) is 5.91 Å². The van der Waals surface area contributed by atoms with Crippen LogP contribution < -0.4 is 18.9 Å². The number of piperazine rings is 1. The van der Waals surface area contributed by atoms with Gasteiger partial charge in [-0.15, -0.1) is 11.8 Å². The molecule has 1 fully saturated rings. The van der Waals surface area contributed by atoms with Crippen LogP contribution in [0.5, 0.6) is 23.0 Å². The maximum absolute atomic E-state index is 12.6. The van der Waals surface area contributed by atoms with Crippen molar-refractivity contribution in [2.75, 3.05) is 52.9 Å². The van der Waals surface area contributed by atoms with Crippen LogP contribution in [-0.4, -0.2) is 68.7 Å². The largest absolute Gasteiger partial charge is 0.493 e. The molecule has 160 valence electrons. The summed E-state index contributed by atoms with van der Waals surface area (Å²) in [7, 11) is 3.22. The van der Waals surface area contributed by atoms with E-state index in [1.165, 1.54) is 17.3 Å². The molecule has 0 saturated carbocycles. The molecule has 4 rings (SSSR count). The summed E-state index contributed by atoms with van der Waals surface area (Å²) < 4.78 is 21.4. The van der Waals surface area contributed by atoms with Gasteiger partial charge in [0, 0.05) is 37.6 Å². The number of rotatable bonds is 7. The summed E-state index contributed by atoms with van der Waals surface area (Å²) >= 11 is 1.52. The molecule has 0 aromatic heterocycles. The van der Waals surface area contributed by atoms with E-state index < -0.39 is 0 Å². The molecule has 30 heavy (non-hydrogen) atoms. The number of thioether (sulfide) groups is 1. The number of hydrogen-bond donors (Lipinski definition) is 0. The fourth-order valence-electron chi connectivity index (χ4n) is 3.60. The van der Waals surface area contributed by atoms with Crippen LogP contribution in [0.1, 0.15) is 5.56 Å². The minimum absolute atomic E-state index is 0.164. The lowest BCUT2D eigenvalue weighted by molar-refractivity contribution is -0.130. The molecule has 0 N–H and O–H groups in total. The maximum atomic E-state index is 12.6. The van der Waals surface area contributed by atoms with E-state index in [1.54, 1.807) is 14.2 Å². The number of benzene rings is 2. The molecule has 1 amide bonds. The number of carbonyl (C=O) groups excluding carboxylic acids is 1. The first kappa shape index (κ1) is 20.7. The molecule has 2 aromatic carbocycles. The van der Waals surface area contributed by atoms with Crippen molar-refractivity contribution in [2.45, 2.75) is 11.4 Å². The predicted molar refractivity (Wildman–Crippen MR) is 115 cm³/mol. The van der Waals surface area contributed by atoms with Gasteiger partial charge in [0.1, 0.15) is 0 Å². The Bertz CT molecular complexity index is 899. The monoisotopic (exact) mass is 430 g/mol. The summed E-state index contributed by atoms with van der Waals surface area (Å²) in [5, 5.41) is 0. The van der Waals surface area contributed by atoms with Crippen molar-refractivity contribution in [3.8, 4) is 23.0 Å². The summed E-state index contributed by atoms with van der Waals surface area (Å²) in [5.41, 5.74) is 1.20. The van der Waals surface area contributed by atoms with Gasteiger partial charge in [-0.05, 0) is 35.9 Å². The molecule has 8 heteroatoms. The van der Waals surface area contributed by atoms with Gasteiger partial charge in [0.25, 0.3) is 0 Å². The van der Waals surface area contributed by atoms with Crippen molar-refractivity contribution in [1.29, 1.82) is 0 Å². The van der Waals surface area contributed by atoms with Crippen LogP contribution in [0.4, 0.5) is 0 Å². The normalized spacial score (nSPS) is 15.9. The summed E-state index contributed by atoms with van der Waals surface area (Å²) in [6.07, 6.45) is 0. The molecule has 2 aliphatic rings. The van der Waals surface area contributed by atoms with Gasteiger partial charge >= 0.3 is 0 Å². The standard InChI is InChI=1S/C22H26N2O5S/c1-26-18-6-4-17(12-20(18)27-2)30-14-22(25)24-9-7-23(8-10-24)13-16-3-5-19-21(11-16)29-15-28-19/h3-6,11-12H,7-10,13-15H2,1-2H3. The summed E-state index contributed by atoms with van der Waals surface area (Å²) in [6.45, 7) is 4.36. The minimum atomic E-state index is 0.164. The third kappa shape index (κ3) is 4.76. The van der Waals surface area contributed by atoms with Crippen LogP contribution in [-0.2, 0) is 11.3 Å². The lowest BCUT2D eigenvalue weighted by Gasteiger charge is -2.34. The lowest BCUT2D eigenvalue weighted by atomic mass is 10.1. The van der Waals surface area contributed by atoms with E-state index in [0.717, 1.165) is 49.1 Å². The fourth-order valence-corrected chi connectivity index (χ4v) is 4.42. The van der Waals surface area contributed by atoms with Gasteiger partial charge in [0.05, 0.1) is 20.0 Å². The zero-order valence-corrected chi connectivity index (χ0v) is 18.1. The molecular formula is C22H26N2O5S. The van der Waals surface area contributed by atoms with Crippen LogP contribution in [0.25, 0.3) is 0 Å². The molecule has 2 aromatic rings. The van der Waals surface area contributed by atoms with Gasteiger partial charge in [0.2, 0.25) is 12.7 Å². The van der Waals surface area contributed by atoms with Crippen LogP contribution in [0, 0.1) is 0 Å². The van der Waals surface area contributed by atoms with Gasteiger partial charge in [-0.3, -0.25) is 9.69 Å². The molecule has 7 nitrogen and oxygen atoms in total. The number of hydrogen-bond acceptors (Lipinski definition) is 7. The molecule has 2 heterocycles. The number of methoxy groups -OCH3 is 2. The average Bonchev–Trinajstić information content (AvgIpc) is 3.25. The van der Waals surface area contributed by atoms with Crippen molar-refractivity contribution in [1.82, 2.24) is 9.80 Å². The third-order valence-electron chi connectivity index (χ3n) is 5.29. The van der Waals surface area contributed by atoms with E-state index >= 15 is 0 Å². The lowest BCUT2D eigenvalue weighted by Crippen LogP contribution is -2.48.